The average molecular weight is 342 g/mol. The summed E-state index contributed by atoms with van der Waals surface area (Å²) in [6.45, 7) is 2.49. The molecule has 0 spiro atoms. The molecule has 1 aromatic heterocycles. The van der Waals surface area contributed by atoms with Gasteiger partial charge in [0.15, 0.2) is 5.78 Å². The quantitative estimate of drug-likeness (QED) is 0.703. The fourth-order valence-corrected chi connectivity index (χ4v) is 3.14. The largest absolute Gasteiger partial charge is 0.296 e. The minimum Gasteiger partial charge on any atom is -0.296 e. The number of Topliss-reactive ketones (excluding diaryl/α,β-unsaturated/α-hetero) is 1. The van der Waals surface area contributed by atoms with Crippen LogP contribution in [0.15, 0.2) is 35.7 Å². The minimum atomic E-state index is 0.0501. The second-order valence-electron chi connectivity index (χ2n) is 5.10. The number of halogens is 2. The van der Waals surface area contributed by atoms with Crippen LogP contribution in [0.5, 0.6) is 0 Å². The van der Waals surface area contributed by atoms with Gasteiger partial charge in [0, 0.05) is 16.5 Å². The molecule has 1 unspecified atom stereocenters. The SMILES string of the molecule is CC(Cc1cccs1)N(C)CC(=O)c1ccc(Cl)c(Cl)c1. The normalized spacial score (nSPS) is 12.6. The molecule has 2 aromatic rings. The number of rotatable bonds is 6. The predicted molar refractivity (Wildman–Crippen MR) is 90.9 cm³/mol. The fraction of sp³-hybridized carbons (Fsp3) is 0.312. The number of ketones is 1. The van der Waals surface area contributed by atoms with Gasteiger partial charge in [0.25, 0.3) is 0 Å². The van der Waals surface area contributed by atoms with E-state index in [2.05, 4.69) is 23.3 Å². The smallest absolute Gasteiger partial charge is 0.176 e. The van der Waals surface area contributed by atoms with Gasteiger partial charge < -0.3 is 0 Å². The monoisotopic (exact) mass is 341 g/mol. The summed E-state index contributed by atoms with van der Waals surface area (Å²) in [5.74, 6) is 0.0501. The summed E-state index contributed by atoms with van der Waals surface area (Å²) in [5.41, 5.74) is 0.597. The summed E-state index contributed by atoms with van der Waals surface area (Å²) >= 11 is 13.6. The third kappa shape index (κ3) is 4.55. The number of carbonyl (C=O) groups is 1. The first kappa shape index (κ1) is 16.5. The second kappa shape index (κ2) is 7.41. The van der Waals surface area contributed by atoms with Crippen molar-refractivity contribution in [2.45, 2.75) is 19.4 Å². The van der Waals surface area contributed by atoms with Crippen molar-refractivity contribution in [1.82, 2.24) is 4.90 Å². The molecule has 112 valence electrons. The zero-order valence-corrected chi connectivity index (χ0v) is 14.3. The fourth-order valence-electron chi connectivity index (χ4n) is 2.02. The highest BCUT2D eigenvalue weighted by Crippen LogP contribution is 2.23. The molecule has 2 rings (SSSR count). The van der Waals surface area contributed by atoms with E-state index in [9.17, 15) is 4.79 Å². The lowest BCUT2D eigenvalue weighted by Crippen LogP contribution is -2.35. The molecule has 0 bridgehead atoms. The van der Waals surface area contributed by atoms with Crippen molar-refractivity contribution in [3.8, 4) is 0 Å². The van der Waals surface area contributed by atoms with E-state index in [1.807, 2.05) is 13.1 Å². The molecule has 5 heteroatoms. The first-order valence-corrected chi connectivity index (χ1v) is 8.32. The molecule has 1 heterocycles. The highest BCUT2D eigenvalue weighted by Gasteiger charge is 2.16. The molecule has 2 nitrogen and oxygen atoms in total. The number of nitrogens with zero attached hydrogens (tertiary/aromatic N) is 1. The van der Waals surface area contributed by atoms with Crippen molar-refractivity contribution >= 4 is 40.3 Å². The van der Waals surface area contributed by atoms with Gasteiger partial charge in [-0.1, -0.05) is 29.3 Å². The Morgan fingerprint density at radius 2 is 2.05 bits per heavy atom. The average Bonchev–Trinajstić information content (AvgIpc) is 2.94. The summed E-state index contributed by atoms with van der Waals surface area (Å²) in [5, 5.41) is 2.95. The zero-order valence-electron chi connectivity index (χ0n) is 12.0. The van der Waals surface area contributed by atoms with E-state index in [1.165, 1.54) is 4.88 Å². The molecule has 0 aliphatic heterocycles. The molecule has 1 aromatic carbocycles. The van der Waals surface area contributed by atoms with E-state index >= 15 is 0 Å². The molecule has 0 aliphatic carbocycles. The van der Waals surface area contributed by atoms with Gasteiger partial charge in [-0.05, 0) is 50.0 Å². The van der Waals surface area contributed by atoms with Gasteiger partial charge in [-0.3, -0.25) is 9.69 Å². The molecule has 0 N–H and O–H groups in total. The Bertz CT molecular complexity index is 613. The van der Waals surface area contributed by atoms with Crippen LogP contribution in [0.4, 0.5) is 0 Å². The lowest BCUT2D eigenvalue weighted by molar-refractivity contribution is 0.0924. The summed E-state index contributed by atoms with van der Waals surface area (Å²) in [6, 6.07) is 9.48. The number of thiophene rings is 1. The Morgan fingerprint density at radius 3 is 2.67 bits per heavy atom. The first-order valence-electron chi connectivity index (χ1n) is 6.68. The summed E-state index contributed by atoms with van der Waals surface area (Å²) in [6.07, 6.45) is 0.947. The van der Waals surface area contributed by atoms with Crippen LogP contribution >= 0.6 is 34.5 Å². The minimum absolute atomic E-state index is 0.0501. The number of likely N-dealkylation sites (N-methyl/N-ethyl adjacent to an activating group) is 1. The van der Waals surface area contributed by atoms with E-state index in [-0.39, 0.29) is 5.78 Å². The molecule has 1 atom stereocenters. The van der Waals surface area contributed by atoms with Crippen LogP contribution in [0, 0.1) is 0 Å². The van der Waals surface area contributed by atoms with Crippen LogP contribution in [-0.4, -0.2) is 30.3 Å². The Labute approximate surface area is 139 Å². The molecule has 0 radical (unpaired) electrons. The topological polar surface area (TPSA) is 20.3 Å². The Balaban J connectivity index is 1.96. The van der Waals surface area contributed by atoms with Crippen molar-refractivity contribution in [3.63, 3.8) is 0 Å². The van der Waals surface area contributed by atoms with Crippen LogP contribution in [-0.2, 0) is 6.42 Å². The number of benzene rings is 1. The first-order chi connectivity index (χ1) is 9.97. The summed E-state index contributed by atoms with van der Waals surface area (Å²) < 4.78 is 0. The van der Waals surface area contributed by atoms with E-state index in [0.29, 0.717) is 28.2 Å². The van der Waals surface area contributed by atoms with E-state index in [1.54, 1.807) is 29.5 Å². The maximum absolute atomic E-state index is 12.3. The van der Waals surface area contributed by atoms with Crippen molar-refractivity contribution in [3.05, 3.63) is 56.2 Å². The molecule has 0 saturated heterocycles. The molecular weight excluding hydrogens is 325 g/mol. The Hall–Kier alpha value is -0.870. The van der Waals surface area contributed by atoms with Crippen LogP contribution in [0.2, 0.25) is 10.0 Å². The molecule has 0 aliphatic rings. The van der Waals surface area contributed by atoms with Crippen molar-refractivity contribution < 1.29 is 4.79 Å². The van der Waals surface area contributed by atoms with Gasteiger partial charge >= 0.3 is 0 Å². The van der Waals surface area contributed by atoms with Crippen LogP contribution in [0.1, 0.15) is 22.2 Å². The lowest BCUT2D eigenvalue weighted by Gasteiger charge is -2.23. The highest BCUT2D eigenvalue weighted by molar-refractivity contribution is 7.09. The van der Waals surface area contributed by atoms with Crippen LogP contribution in [0.25, 0.3) is 0 Å². The number of hydrogen-bond donors (Lipinski definition) is 0. The maximum Gasteiger partial charge on any atom is 0.176 e. The molecule has 21 heavy (non-hydrogen) atoms. The Morgan fingerprint density at radius 1 is 1.29 bits per heavy atom. The molecular formula is C16H17Cl2NOS. The third-order valence-electron chi connectivity index (χ3n) is 3.46. The highest BCUT2D eigenvalue weighted by atomic mass is 35.5. The number of hydrogen-bond acceptors (Lipinski definition) is 3. The van der Waals surface area contributed by atoms with Crippen LogP contribution < -0.4 is 0 Å². The van der Waals surface area contributed by atoms with Gasteiger partial charge in [-0.15, -0.1) is 11.3 Å². The van der Waals surface area contributed by atoms with Crippen LogP contribution in [0.3, 0.4) is 0 Å². The lowest BCUT2D eigenvalue weighted by atomic mass is 10.1. The van der Waals surface area contributed by atoms with Gasteiger partial charge in [-0.25, -0.2) is 0 Å². The molecule has 0 amide bonds. The number of carbonyl (C=O) groups excluding carboxylic acids is 1. The summed E-state index contributed by atoms with van der Waals surface area (Å²) in [7, 11) is 1.97. The predicted octanol–water partition coefficient (Wildman–Crippen LogP) is 4.80. The van der Waals surface area contributed by atoms with E-state index < -0.39 is 0 Å². The van der Waals surface area contributed by atoms with Gasteiger partial charge in [0.05, 0.1) is 16.6 Å². The van der Waals surface area contributed by atoms with Gasteiger partial charge in [-0.2, -0.15) is 0 Å². The Kier molecular flexibility index (Phi) is 5.82. The van der Waals surface area contributed by atoms with Gasteiger partial charge in [0.2, 0.25) is 0 Å². The maximum atomic E-state index is 12.3. The molecule has 0 saturated carbocycles. The van der Waals surface area contributed by atoms with E-state index in [4.69, 9.17) is 23.2 Å². The second-order valence-corrected chi connectivity index (χ2v) is 6.95. The third-order valence-corrected chi connectivity index (χ3v) is 5.10. The van der Waals surface area contributed by atoms with Crippen molar-refractivity contribution in [2.75, 3.05) is 13.6 Å². The molecule has 0 fully saturated rings. The van der Waals surface area contributed by atoms with Gasteiger partial charge in [0.1, 0.15) is 0 Å². The van der Waals surface area contributed by atoms with Crippen molar-refractivity contribution in [2.24, 2.45) is 0 Å². The van der Waals surface area contributed by atoms with E-state index in [0.717, 1.165) is 6.42 Å². The standard InChI is InChI=1S/C16H17Cl2NOS/c1-11(8-13-4-3-7-21-13)19(2)10-16(20)12-5-6-14(17)15(18)9-12/h3-7,9,11H,8,10H2,1-2H3. The van der Waals surface area contributed by atoms with Crippen molar-refractivity contribution in [1.29, 1.82) is 0 Å². The zero-order chi connectivity index (χ0) is 15.4. The summed E-state index contributed by atoms with van der Waals surface area (Å²) in [4.78, 5) is 15.7.